The van der Waals surface area contributed by atoms with Crippen LogP contribution in [0.2, 0.25) is 0 Å². The van der Waals surface area contributed by atoms with Crippen molar-refractivity contribution >= 4 is 17.3 Å². The molecule has 0 spiro atoms. The third-order valence-corrected chi connectivity index (χ3v) is 4.84. The molecule has 140 valence electrons. The van der Waals surface area contributed by atoms with Crippen molar-refractivity contribution < 1.29 is 15.0 Å². The molecule has 0 radical (unpaired) electrons. The zero-order valence-electron chi connectivity index (χ0n) is 15.2. The monoisotopic (exact) mass is 372 g/mol. The molecule has 0 atom stereocenters. The van der Waals surface area contributed by atoms with E-state index in [1.807, 2.05) is 42.5 Å². The van der Waals surface area contributed by atoms with Crippen LogP contribution >= 0.6 is 0 Å². The Kier molecular flexibility index (Phi) is 4.81. The maximum absolute atomic E-state index is 12.7. The summed E-state index contributed by atoms with van der Waals surface area (Å²) in [4.78, 5) is 17.3. The van der Waals surface area contributed by atoms with E-state index >= 15 is 0 Å². The number of phenols is 2. The van der Waals surface area contributed by atoms with Crippen LogP contribution in [0.5, 0.6) is 11.5 Å². The van der Waals surface area contributed by atoms with Crippen molar-refractivity contribution in [1.82, 2.24) is 5.32 Å². The third kappa shape index (κ3) is 3.60. The van der Waals surface area contributed by atoms with E-state index in [0.29, 0.717) is 30.6 Å². The SMILES string of the molecule is O=C(NCCc1ccc(O)cc1)c1ccc(O)c2c1CC(c1ccccc1)=N2. The number of fused-ring (bicyclic) bond motifs is 1. The zero-order chi connectivity index (χ0) is 19.5. The first-order chi connectivity index (χ1) is 13.6. The number of hydrogen-bond acceptors (Lipinski definition) is 4. The standard InChI is InChI=1S/C23H20N2O3/c26-17-8-6-15(7-9-17)12-13-24-23(28)18-10-11-21(27)22-19(18)14-20(25-22)16-4-2-1-3-5-16/h1-11,26-27H,12-14H2,(H,24,28). The highest BCUT2D eigenvalue weighted by molar-refractivity contribution is 6.10. The van der Waals surface area contributed by atoms with Crippen LogP contribution in [0.25, 0.3) is 0 Å². The van der Waals surface area contributed by atoms with Gasteiger partial charge < -0.3 is 15.5 Å². The van der Waals surface area contributed by atoms with Gasteiger partial charge in [-0.15, -0.1) is 0 Å². The fraction of sp³-hybridized carbons (Fsp3) is 0.130. The Morgan fingerprint density at radius 2 is 1.71 bits per heavy atom. The van der Waals surface area contributed by atoms with E-state index in [0.717, 1.165) is 22.4 Å². The topological polar surface area (TPSA) is 81.9 Å². The van der Waals surface area contributed by atoms with Gasteiger partial charge in [0, 0.05) is 24.1 Å². The van der Waals surface area contributed by atoms with Crippen molar-refractivity contribution in [1.29, 1.82) is 0 Å². The maximum atomic E-state index is 12.7. The quantitative estimate of drug-likeness (QED) is 0.638. The van der Waals surface area contributed by atoms with Crippen LogP contribution in [0.3, 0.4) is 0 Å². The fourth-order valence-electron chi connectivity index (χ4n) is 3.36. The summed E-state index contributed by atoms with van der Waals surface area (Å²) >= 11 is 0. The molecule has 28 heavy (non-hydrogen) atoms. The molecule has 3 aromatic carbocycles. The van der Waals surface area contributed by atoms with E-state index in [1.165, 1.54) is 6.07 Å². The van der Waals surface area contributed by atoms with Gasteiger partial charge in [0.1, 0.15) is 17.2 Å². The van der Waals surface area contributed by atoms with Gasteiger partial charge in [-0.1, -0.05) is 42.5 Å². The number of aliphatic imine (C=N–C) groups is 1. The summed E-state index contributed by atoms with van der Waals surface area (Å²) in [6.45, 7) is 0.478. The summed E-state index contributed by atoms with van der Waals surface area (Å²) in [6, 6.07) is 19.9. The molecule has 3 N–H and O–H groups in total. The minimum atomic E-state index is -0.181. The molecule has 0 bridgehead atoms. The van der Waals surface area contributed by atoms with Gasteiger partial charge in [0.25, 0.3) is 5.91 Å². The van der Waals surface area contributed by atoms with Gasteiger partial charge in [0.15, 0.2) is 0 Å². The molecule has 0 saturated carbocycles. The van der Waals surface area contributed by atoms with Gasteiger partial charge >= 0.3 is 0 Å². The molecule has 5 nitrogen and oxygen atoms in total. The van der Waals surface area contributed by atoms with Gasteiger partial charge in [0.2, 0.25) is 0 Å². The van der Waals surface area contributed by atoms with Crippen molar-refractivity contribution in [3.05, 3.63) is 89.0 Å². The predicted octanol–water partition coefficient (Wildman–Crippen LogP) is 3.75. The van der Waals surface area contributed by atoms with Crippen LogP contribution in [-0.4, -0.2) is 28.4 Å². The molecule has 4 rings (SSSR count). The average molecular weight is 372 g/mol. The van der Waals surface area contributed by atoms with Crippen molar-refractivity contribution in [3.8, 4) is 11.5 Å². The highest BCUT2D eigenvalue weighted by atomic mass is 16.3. The number of hydrogen-bond donors (Lipinski definition) is 3. The molecule has 0 fully saturated rings. The van der Waals surface area contributed by atoms with E-state index in [-0.39, 0.29) is 17.4 Å². The smallest absolute Gasteiger partial charge is 0.251 e. The second kappa shape index (κ2) is 7.56. The van der Waals surface area contributed by atoms with Crippen molar-refractivity contribution in [2.75, 3.05) is 6.54 Å². The number of rotatable bonds is 5. The lowest BCUT2D eigenvalue weighted by atomic mass is 9.99. The van der Waals surface area contributed by atoms with Crippen LogP contribution in [0, 0.1) is 0 Å². The second-order valence-electron chi connectivity index (χ2n) is 6.73. The maximum Gasteiger partial charge on any atom is 0.251 e. The summed E-state index contributed by atoms with van der Waals surface area (Å²) in [7, 11) is 0. The number of nitrogens with zero attached hydrogens (tertiary/aromatic N) is 1. The van der Waals surface area contributed by atoms with Crippen LogP contribution in [0.4, 0.5) is 5.69 Å². The lowest BCUT2D eigenvalue weighted by molar-refractivity contribution is 0.0953. The molecule has 3 aromatic rings. The Bertz CT molecular complexity index is 1040. The van der Waals surface area contributed by atoms with Crippen LogP contribution < -0.4 is 5.32 Å². The summed E-state index contributed by atoms with van der Waals surface area (Å²) in [5.41, 5.74) is 4.62. The lowest BCUT2D eigenvalue weighted by Crippen LogP contribution is -2.26. The Morgan fingerprint density at radius 1 is 0.964 bits per heavy atom. The number of amides is 1. The summed E-state index contributed by atoms with van der Waals surface area (Å²) in [5, 5.41) is 22.5. The molecule has 1 amide bonds. The molecule has 0 unspecified atom stereocenters. The number of carbonyl (C=O) groups excluding carboxylic acids is 1. The molecule has 1 aliphatic heterocycles. The molecule has 0 aromatic heterocycles. The summed E-state index contributed by atoms with van der Waals surface area (Å²) < 4.78 is 0. The first kappa shape index (κ1) is 17.8. The van der Waals surface area contributed by atoms with Crippen LogP contribution in [0.1, 0.15) is 27.0 Å². The number of phenolic OH excluding ortho intramolecular Hbond substituents is 2. The second-order valence-corrected chi connectivity index (χ2v) is 6.73. The largest absolute Gasteiger partial charge is 0.508 e. The van der Waals surface area contributed by atoms with Gasteiger partial charge in [-0.25, -0.2) is 4.99 Å². The predicted molar refractivity (Wildman–Crippen MR) is 109 cm³/mol. The summed E-state index contributed by atoms with van der Waals surface area (Å²) in [5.74, 6) is 0.128. The molecule has 5 heteroatoms. The van der Waals surface area contributed by atoms with E-state index in [1.54, 1.807) is 18.2 Å². The number of carbonyl (C=O) groups is 1. The first-order valence-electron chi connectivity index (χ1n) is 9.16. The highest BCUT2D eigenvalue weighted by Gasteiger charge is 2.24. The Labute approximate surface area is 163 Å². The van der Waals surface area contributed by atoms with Crippen LogP contribution in [-0.2, 0) is 12.8 Å². The number of nitrogens with one attached hydrogen (secondary N) is 1. The molecular weight excluding hydrogens is 352 g/mol. The Hall–Kier alpha value is -3.60. The Morgan fingerprint density at radius 3 is 2.46 bits per heavy atom. The van der Waals surface area contributed by atoms with E-state index < -0.39 is 0 Å². The molecular formula is C23H20N2O3. The van der Waals surface area contributed by atoms with E-state index in [4.69, 9.17) is 0 Å². The van der Waals surface area contributed by atoms with Crippen molar-refractivity contribution in [3.63, 3.8) is 0 Å². The lowest BCUT2D eigenvalue weighted by Gasteiger charge is -2.10. The zero-order valence-corrected chi connectivity index (χ0v) is 15.2. The van der Waals surface area contributed by atoms with Gasteiger partial charge in [-0.05, 0) is 41.8 Å². The Balaban J connectivity index is 1.48. The number of aromatic hydroxyl groups is 2. The first-order valence-corrected chi connectivity index (χ1v) is 9.16. The van der Waals surface area contributed by atoms with E-state index in [2.05, 4.69) is 10.3 Å². The van der Waals surface area contributed by atoms with Crippen molar-refractivity contribution in [2.45, 2.75) is 12.8 Å². The summed E-state index contributed by atoms with van der Waals surface area (Å²) in [6.07, 6.45) is 1.17. The average Bonchev–Trinajstić information content (AvgIpc) is 3.17. The fourth-order valence-corrected chi connectivity index (χ4v) is 3.36. The third-order valence-electron chi connectivity index (χ3n) is 4.84. The van der Waals surface area contributed by atoms with Crippen LogP contribution in [0.15, 0.2) is 71.7 Å². The highest BCUT2D eigenvalue weighted by Crippen LogP contribution is 2.39. The van der Waals surface area contributed by atoms with Gasteiger partial charge in [-0.3, -0.25) is 4.79 Å². The van der Waals surface area contributed by atoms with Gasteiger partial charge in [-0.2, -0.15) is 0 Å². The van der Waals surface area contributed by atoms with Crippen molar-refractivity contribution in [2.24, 2.45) is 4.99 Å². The molecule has 0 saturated heterocycles. The molecule has 1 aliphatic rings. The normalized spacial score (nSPS) is 12.4. The van der Waals surface area contributed by atoms with Gasteiger partial charge in [0.05, 0.1) is 5.71 Å². The molecule has 1 heterocycles. The minimum Gasteiger partial charge on any atom is -0.508 e. The van der Waals surface area contributed by atoms with E-state index in [9.17, 15) is 15.0 Å². The molecule has 0 aliphatic carbocycles. The number of benzene rings is 3. The minimum absolute atomic E-state index is 0.0848.